The van der Waals surface area contributed by atoms with Crippen LogP contribution in [-0.4, -0.2) is 24.8 Å². The van der Waals surface area contributed by atoms with Gasteiger partial charge in [-0.15, -0.1) is 0 Å². The van der Waals surface area contributed by atoms with Crippen molar-refractivity contribution in [2.24, 2.45) is 4.99 Å². The summed E-state index contributed by atoms with van der Waals surface area (Å²) < 4.78 is 13.9. The molecule has 0 aliphatic rings. The van der Waals surface area contributed by atoms with Crippen molar-refractivity contribution in [2.45, 2.75) is 20.3 Å². The van der Waals surface area contributed by atoms with E-state index in [1.165, 1.54) is 6.07 Å². The zero-order valence-corrected chi connectivity index (χ0v) is 13.9. The zero-order valence-electron chi connectivity index (χ0n) is 13.1. The molecule has 4 heteroatoms. The van der Waals surface area contributed by atoms with Gasteiger partial charge in [0.25, 0.3) is 0 Å². The van der Waals surface area contributed by atoms with Crippen molar-refractivity contribution < 1.29 is 4.39 Å². The third-order valence-electron chi connectivity index (χ3n) is 3.68. The number of hydrogen-bond acceptors (Lipinski definition) is 1. The Kier molecular flexibility index (Phi) is 5.56. The number of rotatable bonds is 5. The zero-order chi connectivity index (χ0) is 16.1. The van der Waals surface area contributed by atoms with E-state index < -0.39 is 0 Å². The average Bonchev–Trinajstić information content (AvgIpc) is 2.50. The van der Waals surface area contributed by atoms with Gasteiger partial charge in [0.15, 0.2) is 0 Å². The molecule has 0 saturated heterocycles. The topological polar surface area (TPSA) is 15.6 Å². The molecule has 0 aliphatic heterocycles. The van der Waals surface area contributed by atoms with Crippen LogP contribution in [0.4, 0.5) is 10.1 Å². The Morgan fingerprint density at radius 1 is 1.23 bits per heavy atom. The molecule has 0 fully saturated rings. The van der Waals surface area contributed by atoms with E-state index in [4.69, 9.17) is 11.6 Å². The second kappa shape index (κ2) is 7.41. The van der Waals surface area contributed by atoms with Crippen LogP contribution in [-0.2, 0) is 6.42 Å². The Hall–Kier alpha value is -1.87. The highest BCUT2D eigenvalue weighted by Crippen LogP contribution is 2.27. The molecule has 0 aromatic heterocycles. The fraction of sp³-hybridized carbons (Fsp3) is 0.278. The van der Waals surface area contributed by atoms with E-state index in [0.29, 0.717) is 17.1 Å². The normalized spacial score (nSPS) is 11.1. The first-order valence-electron chi connectivity index (χ1n) is 7.28. The van der Waals surface area contributed by atoms with Gasteiger partial charge in [-0.3, -0.25) is 0 Å². The summed E-state index contributed by atoms with van der Waals surface area (Å²) in [5.41, 5.74) is 3.52. The maximum Gasteiger partial charge on any atom is 0.125 e. The highest BCUT2D eigenvalue weighted by molar-refractivity contribution is 6.31. The molecule has 0 unspecified atom stereocenters. The van der Waals surface area contributed by atoms with Gasteiger partial charge in [0, 0.05) is 18.6 Å². The fourth-order valence-electron chi connectivity index (χ4n) is 2.13. The first-order valence-corrected chi connectivity index (χ1v) is 7.66. The van der Waals surface area contributed by atoms with Crippen molar-refractivity contribution in [1.29, 1.82) is 0 Å². The number of halogens is 2. The van der Waals surface area contributed by atoms with Gasteiger partial charge in [-0.2, -0.15) is 0 Å². The van der Waals surface area contributed by atoms with Crippen molar-refractivity contribution in [1.82, 2.24) is 4.90 Å². The van der Waals surface area contributed by atoms with E-state index in [1.807, 2.05) is 50.1 Å². The average molecular weight is 319 g/mol. The SMILES string of the molecule is CCN(C)/C=N\c1cc(F)cc(Cc2ccccc2Cl)c1C. The molecule has 0 atom stereocenters. The largest absolute Gasteiger partial charge is 0.366 e. The van der Waals surface area contributed by atoms with Gasteiger partial charge in [0.2, 0.25) is 0 Å². The van der Waals surface area contributed by atoms with Crippen molar-refractivity contribution in [3.05, 3.63) is 63.9 Å². The quantitative estimate of drug-likeness (QED) is 0.560. The maximum atomic E-state index is 13.9. The van der Waals surface area contributed by atoms with Crippen LogP contribution in [0.5, 0.6) is 0 Å². The molecule has 0 saturated carbocycles. The Labute approximate surface area is 136 Å². The summed E-state index contributed by atoms with van der Waals surface area (Å²) in [6, 6.07) is 10.7. The summed E-state index contributed by atoms with van der Waals surface area (Å²) in [5.74, 6) is -0.279. The third kappa shape index (κ3) is 4.08. The Balaban J connectivity index is 2.35. The highest BCUT2D eigenvalue weighted by atomic mass is 35.5. The summed E-state index contributed by atoms with van der Waals surface area (Å²) in [4.78, 5) is 6.33. The lowest BCUT2D eigenvalue weighted by molar-refractivity contribution is 0.552. The smallest absolute Gasteiger partial charge is 0.125 e. The summed E-state index contributed by atoms with van der Waals surface area (Å²) in [6.07, 6.45) is 2.32. The predicted molar refractivity (Wildman–Crippen MR) is 91.9 cm³/mol. The molecule has 0 radical (unpaired) electrons. The van der Waals surface area contributed by atoms with E-state index in [9.17, 15) is 4.39 Å². The molecule has 0 heterocycles. The number of benzene rings is 2. The van der Waals surface area contributed by atoms with Crippen LogP contribution < -0.4 is 0 Å². The predicted octanol–water partition coefficient (Wildman–Crippen LogP) is 4.99. The Bertz CT molecular complexity index is 683. The van der Waals surface area contributed by atoms with Gasteiger partial charge in [-0.25, -0.2) is 9.38 Å². The van der Waals surface area contributed by atoms with E-state index in [1.54, 1.807) is 12.4 Å². The van der Waals surface area contributed by atoms with Crippen LogP contribution in [0.3, 0.4) is 0 Å². The van der Waals surface area contributed by atoms with Gasteiger partial charge in [-0.05, 0) is 55.2 Å². The Morgan fingerprint density at radius 3 is 2.64 bits per heavy atom. The van der Waals surface area contributed by atoms with Gasteiger partial charge in [-0.1, -0.05) is 29.8 Å². The Morgan fingerprint density at radius 2 is 1.95 bits per heavy atom. The van der Waals surface area contributed by atoms with E-state index in [-0.39, 0.29) is 5.82 Å². The minimum Gasteiger partial charge on any atom is -0.366 e. The van der Waals surface area contributed by atoms with Gasteiger partial charge < -0.3 is 4.90 Å². The molecule has 0 bridgehead atoms. The van der Waals surface area contributed by atoms with Crippen LogP contribution in [0, 0.1) is 12.7 Å². The molecular formula is C18H20ClFN2. The lowest BCUT2D eigenvalue weighted by atomic mass is 9.99. The summed E-state index contributed by atoms with van der Waals surface area (Å²) in [7, 11) is 1.93. The summed E-state index contributed by atoms with van der Waals surface area (Å²) in [6.45, 7) is 4.85. The lowest BCUT2D eigenvalue weighted by Gasteiger charge is -2.12. The molecule has 0 N–H and O–H groups in total. The van der Waals surface area contributed by atoms with Crippen molar-refractivity contribution in [3.63, 3.8) is 0 Å². The summed E-state index contributed by atoms with van der Waals surface area (Å²) in [5, 5.41) is 0.696. The van der Waals surface area contributed by atoms with Crippen molar-refractivity contribution in [2.75, 3.05) is 13.6 Å². The van der Waals surface area contributed by atoms with Crippen LogP contribution in [0.15, 0.2) is 41.4 Å². The summed E-state index contributed by atoms with van der Waals surface area (Å²) >= 11 is 6.20. The van der Waals surface area contributed by atoms with E-state index in [0.717, 1.165) is 23.2 Å². The number of nitrogens with zero attached hydrogens (tertiary/aromatic N) is 2. The van der Waals surface area contributed by atoms with Crippen molar-refractivity contribution in [3.8, 4) is 0 Å². The molecule has 22 heavy (non-hydrogen) atoms. The third-order valence-corrected chi connectivity index (χ3v) is 4.05. The van der Waals surface area contributed by atoms with Crippen LogP contribution in [0.2, 0.25) is 5.02 Å². The lowest BCUT2D eigenvalue weighted by Crippen LogP contribution is -2.14. The molecule has 2 nitrogen and oxygen atoms in total. The molecule has 0 spiro atoms. The van der Waals surface area contributed by atoms with Crippen molar-refractivity contribution >= 4 is 23.6 Å². The second-order valence-electron chi connectivity index (χ2n) is 5.30. The van der Waals surface area contributed by atoms with Crippen LogP contribution in [0.25, 0.3) is 0 Å². The van der Waals surface area contributed by atoms with Gasteiger partial charge >= 0.3 is 0 Å². The molecule has 0 amide bonds. The van der Waals surface area contributed by atoms with Crippen LogP contribution >= 0.6 is 11.6 Å². The van der Waals surface area contributed by atoms with Gasteiger partial charge in [0.1, 0.15) is 5.82 Å². The first-order chi connectivity index (χ1) is 10.5. The second-order valence-corrected chi connectivity index (χ2v) is 5.70. The molecule has 116 valence electrons. The molecule has 2 rings (SSSR count). The van der Waals surface area contributed by atoms with Crippen LogP contribution in [0.1, 0.15) is 23.6 Å². The number of hydrogen-bond donors (Lipinski definition) is 0. The molecular weight excluding hydrogens is 299 g/mol. The maximum absolute atomic E-state index is 13.9. The van der Waals surface area contributed by atoms with E-state index >= 15 is 0 Å². The fourth-order valence-corrected chi connectivity index (χ4v) is 2.33. The molecule has 0 aliphatic carbocycles. The highest BCUT2D eigenvalue weighted by Gasteiger charge is 2.09. The molecule has 2 aromatic carbocycles. The number of aliphatic imine (C=N–C) groups is 1. The van der Waals surface area contributed by atoms with Gasteiger partial charge in [0.05, 0.1) is 12.0 Å². The molecule has 2 aromatic rings. The van der Waals surface area contributed by atoms with E-state index in [2.05, 4.69) is 4.99 Å². The monoisotopic (exact) mass is 318 g/mol. The standard InChI is InChI=1S/C18H20ClFN2/c1-4-22(3)12-21-18-11-16(20)10-15(13(18)2)9-14-7-5-6-8-17(14)19/h5-8,10-12H,4,9H2,1-3H3/b21-12-. The minimum atomic E-state index is -0.279. The first kappa shape index (κ1) is 16.5. The minimum absolute atomic E-state index is 0.279.